The van der Waals surface area contributed by atoms with Crippen molar-refractivity contribution in [3.63, 3.8) is 0 Å². The smallest absolute Gasteiger partial charge is 0.261 e. The summed E-state index contributed by atoms with van der Waals surface area (Å²) in [7, 11) is -3.78. The van der Waals surface area contributed by atoms with Gasteiger partial charge in [-0.1, -0.05) is 37.5 Å². The van der Waals surface area contributed by atoms with Crippen molar-refractivity contribution in [2.45, 2.75) is 69.7 Å². The van der Waals surface area contributed by atoms with E-state index in [-0.39, 0.29) is 16.8 Å². The lowest BCUT2D eigenvalue weighted by Gasteiger charge is -2.31. The molecule has 0 spiro atoms. The number of piperidine rings is 1. The second kappa shape index (κ2) is 10.2. The number of hydrogen-bond acceptors (Lipinski definition) is 4. The first-order valence-electron chi connectivity index (χ1n) is 12.1. The summed E-state index contributed by atoms with van der Waals surface area (Å²) >= 11 is 0. The van der Waals surface area contributed by atoms with E-state index in [4.69, 9.17) is 0 Å². The molecule has 0 aromatic heterocycles. The minimum atomic E-state index is -3.78. The quantitative estimate of drug-likeness (QED) is 0.617. The Morgan fingerprint density at radius 3 is 2.33 bits per heavy atom. The molecule has 0 bridgehead atoms. The van der Waals surface area contributed by atoms with E-state index in [9.17, 15) is 13.2 Å². The molecule has 1 saturated heterocycles. The predicted octanol–water partition coefficient (Wildman–Crippen LogP) is 5.09. The molecule has 6 nitrogen and oxygen atoms in total. The van der Waals surface area contributed by atoms with Crippen LogP contribution in [0.1, 0.15) is 67.8 Å². The highest BCUT2D eigenvalue weighted by Gasteiger charge is 2.25. The molecule has 1 aliphatic heterocycles. The summed E-state index contributed by atoms with van der Waals surface area (Å²) in [5.41, 5.74) is 2.77. The molecule has 33 heavy (non-hydrogen) atoms. The van der Waals surface area contributed by atoms with E-state index < -0.39 is 10.0 Å². The van der Waals surface area contributed by atoms with Crippen molar-refractivity contribution in [1.82, 2.24) is 5.32 Å². The molecule has 178 valence electrons. The maximum Gasteiger partial charge on any atom is 0.261 e. The van der Waals surface area contributed by atoms with Gasteiger partial charge in [0.25, 0.3) is 15.9 Å². The van der Waals surface area contributed by atoms with Gasteiger partial charge >= 0.3 is 0 Å². The number of nitrogens with zero attached hydrogens (tertiary/aromatic N) is 1. The molecule has 2 fully saturated rings. The molecule has 2 aromatic carbocycles. The third kappa shape index (κ3) is 5.69. The van der Waals surface area contributed by atoms with Crippen LogP contribution < -0.4 is 14.9 Å². The van der Waals surface area contributed by atoms with E-state index in [1.54, 1.807) is 30.3 Å². The molecule has 2 aliphatic rings. The van der Waals surface area contributed by atoms with Crippen LogP contribution in [-0.2, 0) is 10.0 Å². The van der Waals surface area contributed by atoms with Gasteiger partial charge in [0.15, 0.2) is 0 Å². The van der Waals surface area contributed by atoms with Gasteiger partial charge < -0.3 is 10.2 Å². The van der Waals surface area contributed by atoms with E-state index in [0.717, 1.165) is 56.4 Å². The molecular weight excluding hydrogens is 434 g/mol. The highest BCUT2D eigenvalue weighted by atomic mass is 32.2. The predicted molar refractivity (Wildman–Crippen MR) is 133 cm³/mol. The maximum absolute atomic E-state index is 13.2. The SMILES string of the molecule is Cc1ccc(S(=O)(=O)Nc2cc(C(=O)NC3CCCCC3C)ccc2N2CCCCC2)cc1. The van der Waals surface area contributed by atoms with E-state index in [1.807, 2.05) is 19.1 Å². The number of carbonyl (C=O) groups excluding carboxylic acids is 1. The van der Waals surface area contributed by atoms with E-state index in [0.29, 0.717) is 17.2 Å². The highest BCUT2D eigenvalue weighted by molar-refractivity contribution is 7.92. The molecule has 0 radical (unpaired) electrons. The lowest BCUT2D eigenvalue weighted by Crippen LogP contribution is -2.41. The van der Waals surface area contributed by atoms with Crippen molar-refractivity contribution in [3.8, 4) is 0 Å². The van der Waals surface area contributed by atoms with Crippen molar-refractivity contribution < 1.29 is 13.2 Å². The molecule has 2 atom stereocenters. The van der Waals surface area contributed by atoms with Crippen LogP contribution in [0.4, 0.5) is 11.4 Å². The topological polar surface area (TPSA) is 78.5 Å². The first-order valence-corrected chi connectivity index (χ1v) is 13.6. The Balaban J connectivity index is 1.63. The zero-order chi connectivity index (χ0) is 23.4. The van der Waals surface area contributed by atoms with Gasteiger partial charge in [0, 0.05) is 24.7 Å². The fourth-order valence-corrected chi connectivity index (χ4v) is 5.94. The Morgan fingerprint density at radius 2 is 1.64 bits per heavy atom. The average molecular weight is 470 g/mol. The standard InChI is InChI=1S/C26H35N3O3S/c1-19-10-13-22(14-11-19)33(31,32)28-24-18-21(12-15-25(24)29-16-6-3-7-17-29)26(30)27-23-9-5-4-8-20(23)2/h10-15,18,20,23,28H,3-9,16-17H2,1-2H3,(H,27,30). The van der Waals surface area contributed by atoms with Crippen LogP contribution >= 0.6 is 0 Å². The summed E-state index contributed by atoms with van der Waals surface area (Å²) in [6.45, 7) is 5.87. The van der Waals surface area contributed by atoms with Crippen LogP contribution in [0.3, 0.4) is 0 Å². The number of sulfonamides is 1. The van der Waals surface area contributed by atoms with Crippen molar-refractivity contribution in [3.05, 3.63) is 53.6 Å². The zero-order valence-corrected chi connectivity index (χ0v) is 20.5. The number of anilines is 2. The maximum atomic E-state index is 13.2. The lowest BCUT2D eigenvalue weighted by molar-refractivity contribution is 0.0910. The molecule has 1 amide bonds. The molecule has 2 N–H and O–H groups in total. The first-order chi connectivity index (χ1) is 15.8. The fourth-order valence-electron chi connectivity index (χ4n) is 4.87. The number of benzene rings is 2. The van der Waals surface area contributed by atoms with Crippen molar-refractivity contribution in [2.24, 2.45) is 5.92 Å². The zero-order valence-electron chi connectivity index (χ0n) is 19.6. The van der Waals surface area contributed by atoms with Gasteiger partial charge in [-0.25, -0.2) is 8.42 Å². The normalized spacial score (nSPS) is 21.5. The number of amides is 1. The molecule has 2 aromatic rings. The Bertz CT molecular complexity index is 1080. The number of aryl methyl sites for hydroxylation is 1. The van der Waals surface area contributed by atoms with E-state index in [1.165, 1.54) is 12.8 Å². The summed E-state index contributed by atoms with van der Waals surface area (Å²) in [4.78, 5) is 15.5. The molecule has 1 aliphatic carbocycles. The number of rotatable bonds is 6. The third-order valence-electron chi connectivity index (χ3n) is 6.96. The summed E-state index contributed by atoms with van der Waals surface area (Å²) in [6.07, 6.45) is 7.79. The molecule has 2 unspecified atom stereocenters. The molecule has 1 saturated carbocycles. The first kappa shape index (κ1) is 23.6. The van der Waals surface area contributed by atoms with Gasteiger partial charge in [0.2, 0.25) is 0 Å². The Kier molecular flexibility index (Phi) is 7.27. The van der Waals surface area contributed by atoms with Crippen LogP contribution in [0, 0.1) is 12.8 Å². The van der Waals surface area contributed by atoms with Crippen LogP contribution in [0.2, 0.25) is 0 Å². The summed E-state index contributed by atoms with van der Waals surface area (Å²) in [6, 6.07) is 12.4. The second-order valence-electron chi connectivity index (χ2n) is 9.54. The van der Waals surface area contributed by atoms with Gasteiger partial charge in [0.05, 0.1) is 16.3 Å². The monoisotopic (exact) mass is 469 g/mol. The minimum absolute atomic E-state index is 0.144. The van der Waals surface area contributed by atoms with Crippen molar-refractivity contribution in [2.75, 3.05) is 22.7 Å². The van der Waals surface area contributed by atoms with E-state index >= 15 is 0 Å². The van der Waals surface area contributed by atoms with Crippen LogP contribution in [0.15, 0.2) is 47.4 Å². The van der Waals surface area contributed by atoms with Crippen LogP contribution in [-0.4, -0.2) is 33.5 Å². The summed E-state index contributed by atoms with van der Waals surface area (Å²) in [5, 5.41) is 3.18. The van der Waals surface area contributed by atoms with Crippen LogP contribution in [0.5, 0.6) is 0 Å². The van der Waals surface area contributed by atoms with Crippen molar-refractivity contribution in [1.29, 1.82) is 0 Å². The Labute approximate surface area is 197 Å². The highest BCUT2D eigenvalue weighted by Crippen LogP contribution is 2.32. The van der Waals surface area contributed by atoms with E-state index in [2.05, 4.69) is 21.9 Å². The average Bonchev–Trinajstić information content (AvgIpc) is 2.81. The number of hydrogen-bond donors (Lipinski definition) is 2. The Morgan fingerprint density at radius 1 is 0.939 bits per heavy atom. The lowest BCUT2D eigenvalue weighted by atomic mass is 9.86. The summed E-state index contributed by atoms with van der Waals surface area (Å²) < 4.78 is 29.1. The molecule has 1 heterocycles. The number of nitrogens with one attached hydrogen (secondary N) is 2. The fraction of sp³-hybridized carbons (Fsp3) is 0.500. The molecule has 4 rings (SSSR count). The van der Waals surface area contributed by atoms with Gasteiger partial charge in [-0.2, -0.15) is 0 Å². The summed E-state index contributed by atoms with van der Waals surface area (Å²) in [5.74, 6) is 0.310. The van der Waals surface area contributed by atoms with Gasteiger partial charge in [-0.15, -0.1) is 0 Å². The Hall–Kier alpha value is -2.54. The molecule has 7 heteroatoms. The molecular formula is C26H35N3O3S. The minimum Gasteiger partial charge on any atom is -0.370 e. The third-order valence-corrected chi connectivity index (χ3v) is 8.34. The largest absolute Gasteiger partial charge is 0.370 e. The van der Waals surface area contributed by atoms with Gasteiger partial charge in [-0.3, -0.25) is 9.52 Å². The van der Waals surface area contributed by atoms with Crippen LogP contribution in [0.25, 0.3) is 0 Å². The van der Waals surface area contributed by atoms with Crippen molar-refractivity contribution >= 4 is 27.3 Å². The van der Waals surface area contributed by atoms with Gasteiger partial charge in [0.1, 0.15) is 0 Å². The van der Waals surface area contributed by atoms with Gasteiger partial charge in [-0.05, 0) is 75.3 Å². The second-order valence-corrected chi connectivity index (χ2v) is 11.2. The number of carbonyl (C=O) groups is 1.